The highest BCUT2D eigenvalue weighted by Gasteiger charge is 2.25. The second-order valence-corrected chi connectivity index (χ2v) is 8.14. The molecule has 27 heavy (non-hydrogen) atoms. The molecule has 1 aliphatic rings. The van der Waals surface area contributed by atoms with Gasteiger partial charge in [-0.2, -0.15) is 0 Å². The molecule has 1 heterocycles. The fourth-order valence-corrected chi connectivity index (χ4v) is 3.13. The van der Waals surface area contributed by atoms with Gasteiger partial charge in [0.1, 0.15) is 29.8 Å². The van der Waals surface area contributed by atoms with Gasteiger partial charge < -0.3 is 15.4 Å². The maximum Gasteiger partial charge on any atom is 0.148 e. The fourth-order valence-electron chi connectivity index (χ4n) is 2.98. The van der Waals surface area contributed by atoms with Gasteiger partial charge in [0.05, 0.1) is 5.70 Å². The van der Waals surface area contributed by atoms with Crippen LogP contribution in [0.1, 0.15) is 39.2 Å². The second-order valence-electron chi connectivity index (χ2n) is 7.56. The van der Waals surface area contributed by atoms with Crippen molar-refractivity contribution in [2.75, 3.05) is 19.3 Å². The molecule has 0 spiro atoms. The Labute approximate surface area is 165 Å². The number of nitrogens with two attached hydrogens (primary N) is 1. The zero-order chi connectivity index (χ0) is 20.0. The Bertz CT molecular complexity index is 719. The Morgan fingerprint density at radius 3 is 2.63 bits per heavy atom. The van der Waals surface area contributed by atoms with Crippen LogP contribution in [0.25, 0.3) is 0 Å². The highest BCUT2D eigenvalue weighted by Crippen LogP contribution is 2.33. The molecule has 7 heteroatoms. The predicted octanol–water partition coefficient (Wildman–Crippen LogP) is 4.14. The smallest absolute Gasteiger partial charge is 0.148 e. The molecule has 0 aromatic heterocycles. The van der Waals surface area contributed by atoms with Gasteiger partial charge in [-0.15, -0.1) is 0 Å². The van der Waals surface area contributed by atoms with Gasteiger partial charge in [-0.05, 0) is 35.6 Å². The molecule has 0 saturated carbocycles. The number of likely N-dealkylation sites (tertiary alicyclic amines) is 1. The lowest BCUT2D eigenvalue weighted by Gasteiger charge is -2.35. The summed E-state index contributed by atoms with van der Waals surface area (Å²) in [7, 11) is 0. The van der Waals surface area contributed by atoms with Crippen LogP contribution in [0.4, 0.5) is 4.39 Å². The molecule has 0 amide bonds. The number of amidine groups is 1. The van der Waals surface area contributed by atoms with E-state index in [1.165, 1.54) is 24.4 Å². The minimum absolute atomic E-state index is 0.0804. The van der Waals surface area contributed by atoms with E-state index in [0.717, 1.165) is 37.2 Å². The summed E-state index contributed by atoms with van der Waals surface area (Å²) < 4.78 is 23.9. The number of nitrogens with zero attached hydrogens (tertiary/aromatic N) is 3. The molecule has 0 unspecified atom stereocenters. The van der Waals surface area contributed by atoms with E-state index in [4.69, 9.17) is 10.5 Å². The summed E-state index contributed by atoms with van der Waals surface area (Å²) in [5, 5.41) is 0. The molecular formula is C20H29FN4OS. The first-order valence-corrected chi connectivity index (χ1v) is 10.2. The van der Waals surface area contributed by atoms with Crippen molar-refractivity contribution < 1.29 is 9.13 Å². The van der Waals surface area contributed by atoms with E-state index >= 15 is 0 Å². The van der Waals surface area contributed by atoms with Crippen molar-refractivity contribution in [3.05, 3.63) is 41.9 Å². The van der Waals surface area contributed by atoms with E-state index in [1.807, 2.05) is 6.26 Å². The van der Waals surface area contributed by atoms with Gasteiger partial charge in [0, 0.05) is 37.8 Å². The molecule has 1 aromatic rings. The Morgan fingerprint density at radius 2 is 2.04 bits per heavy atom. The maximum absolute atomic E-state index is 13.7. The standard InChI is InChI=1S/C20H29FN4OS/c1-14(19(22)23-13-24-27-5)25-10-8-16(9-11-25)26-18-7-6-15(21)12-17(18)20(2,3)4/h6-7,12-13,16H,1,8-11H2,2-5H3,(H2,22,23,24). The molecule has 0 atom stereocenters. The van der Waals surface area contributed by atoms with Crippen LogP contribution in [0.3, 0.4) is 0 Å². The van der Waals surface area contributed by atoms with Crippen molar-refractivity contribution in [3.63, 3.8) is 0 Å². The summed E-state index contributed by atoms with van der Waals surface area (Å²) >= 11 is 1.32. The lowest BCUT2D eigenvalue weighted by atomic mass is 9.86. The Balaban J connectivity index is 1.98. The topological polar surface area (TPSA) is 63.2 Å². The Kier molecular flexibility index (Phi) is 7.30. The number of aliphatic imine (C=N–C) groups is 1. The highest BCUT2D eigenvalue weighted by molar-refractivity contribution is 7.97. The maximum atomic E-state index is 13.7. The second kappa shape index (κ2) is 9.26. The van der Waals surface area contributed by atoms with Crippen molar-refractivity contribution in [1.82, 2.24) is 4.90 Å². The van der Waals surface area contributed by atoms with Crippen LogP contribution in [-0.4, -0.2) is 42.5 Å². The normalized spacial score (nSPS) is 16.8. The number of ether oxygens (including phenoxy) is 1. The zero-order valence-electron chi connectivity index (χ0n) is 16.5. The largest absolute Gasteiger partial charge is 0.490 e. The van der Waals surface area contributed by atoms with E-state index < -0.39 is 0 Å². The van der Waals surface area contributed by atoms with E-state index in [1.54, 1.807) is 12.1 Å². The molecule has 1 fully saturated rings. The van der Waals surface area contributed by atoms with Crippen LogP contribution >= 0.6 is 11.9 Å². The minimum Gasteiger partial charge on any atom is -0.490 e. The lowest BCUT2D eigenvalue weighted by Crippen LogP contribution is -2.40. The third-order valence-electron chi connectivity index (χ3n) is 4.51. The average Bonchev–Trinajstić information content (AvgIpc) is 2.62. The van der Waals surface area contributed by atoms with Crippen LogP contribution in [0.15, 0.2) is 39.9 Å². The van der Waals surface area contributed by atoms with E-state index in [0.29, 0.717) is 11.5 Å². The summed E-state index contributed by atoms with van der Waals surface area (Å²) in [6.07, 6.45) is 5.05. The monoisotopic (exact) mass is 392 g/mol. The van der Waals surface area contributed by atoms with Gasteiger partial charge in [-0.25, -0.2) is 13.8 Å². The summed E-state index contributed by atoms with van der Waals surface area (Å²) in [4.78, 5) is 6.21. The Morgan fingerprint density at radius 1 is 1.37 bits per heavy atom. The molecule has 1 aromatic carbocycles. The first-order valence-electron chi connectivity index (χ1n) is 9.01. The van der Waals surface area contributed by atoms with Crippen LogP contribution < -0.4 is 10.5 Å². The number of halogens is 1. The van der Waals surface area contributed by atoms with Crippen molar-refractivity contribution in [3.8, 4) is 5.75 Å². The number of piperidine rings is 1. The summed E-state index contributed by atoms with van der Waals surface area (Å²) in [6, 6.07) is 4.76. The number of benzene rings is 1. The first kappa shape index (κ1) is 21.3. The third kappa shape index (κ3) is 5.99. The molecular weight excluding hydrogens is 363 g/mol. The quantitative estimate of drug-likeness (QED) is 0.449. The van der Waals surface area contributed by atoms with Gasteiger partial charge in [0.25, 0.3) is 0 Å². The van der Waals surface area contributed by atoms with E-state index in [9.17, 15) is 4.39 Å². The van der Waals surface area contributed by atoms with Gasteiger partial charge in [-0.3, -0.25) is 0 Å². The summed E-state index contributed by atoms with van der Waals surface area (Å²) in [6.45, 7) is 11.8. The van der Waals surface area contributed by atoms with Crippen molar-refractivity contribution in [1.29, 1.82) is 0 Å². The number of hydrogen-bond acceptors (Lipinski definition) is 4. The fraction of sp³-hybridized carbons (Fsp3) is 0.500. The first-order chi connectivity index (χ1) is 12.7. The molecule has 0 radical (unpaired) electrons. The molecule has 0 aliphatic carbocycles. The Hall–Kier alpha value is -2.02. The van der Waals surface area contributed by atoms with Crippen LogP contribution in [-0.2, 0) is 5.41 Å². The number of hydrogen-bond donors (Lipinski definition) is 1. The van der Waals surface area contributed by atoms with Crippen LogP contribution in [0.5, 0.6) is 5.75 Å². The molecule has 2 N–H and O–H groups in total. The van der Waals surface area contributed by atoms with Crippen molar-refractivity contribution >= 4 is 24.1 Å². The van der Waals surface area contributed by atoms with Crippen molar-refractivity contribution in [2.24, 2.45) is 15.1 Å². The van der Waals surface area contributed by atoms with Gasteiger partial charge >= 0.3 is 0 Å². The molecule has 5 nitrogen and oxygen atoms in total. The molecule has 2 rings (SSSR count). The third-order valence-corrected chi connectivity index (χ3v) is 4.82. The van der Waals surface area contributed by atoms with Gasteiger partial charge in [0.15, 0.2) is 0 Å². The molecule has 0 bridgehead atoms. The minimum atomic E-state index is -0.238. The average molecular weight is 393 g/mol. The van der Waals surface area contributed by atoms with Crippen LogP contribution in [0.2, 0.25) is 0 Å². The lowest BCUT2D eigenvalue weighted by molar-refractivity contribution is 0.118. The highest BCUT2D eigenvalue weighted by atomic mass is 32.2. The SMILES string of the molecule is C=C(C(N)=NC=NSC)N1CCC(Oc2ccc(F)cc2C(C)(C)C)CC1. The number of rotatable bonds is 6. The molecule has 1 aliphatic heterocycles. The van der Waals surface area contributed by atoms with E-state index in [-0.39, 0.29) is 17.3 Å². The van der Waals surface area contributed by atoms with Crippen LogP contribution in [0, 0.1) is 5.82 Å². The van der Waals surface area contributed by atoms with E-state index in [2.05, 4.69) is 41.6 Å². The molecule has 1 saturated heterocycles. The van der Waals surface area contributed by atoms with Crippen molar-refractivity contribution in [2.45, 2.75) is 45.1 Å². The summed E-state index contributed by atoms with van der Waals surface area (Å²) in [5.74, 6) is 0.898. The summed E-state index contributed by atoms with van der Waals surface area (Å²) in [5.41, 5.74) is 7.38. The van der Waals surface area contributed by atoms with Gasteiger partial charge in [0.2, 0.25) is 0 Å². The zero-order valence-corrected chi connectivity index (χ0v) is 17.4. The molecule has 148 valence electrons. The van der Waals surface area contributed by atoms with Gasteiger partial charge in [-0.1, -0.05) is 27.4 Å². The predicted molar refractivity (Wildman–Crippen MR) is 113 cm³/mol.